The smallest absolute Gasteiger partial charge is 0.255 e. The molecule has 4 N–H and O–H groups in total. The van der Waals surface area contributed by atoms with Gasteiger partial charge in [-0.2, -0.15) is 0 Å². The second kappa shape index (κ2) is 8.06. The number of pyridine rings is 1. The first kappa shape index (κ1) is 18.8. The molecule has 0 aliphatic heterocycles. The molecule has 0 radical (unpaired) electrons. The Morgan fingerprint density at radius 2 is 1.72 bits per heavy atom. The van der Waals surface area contributed by atoms with Crippen molar-refractivity contribution in [1.82, 2.24) is 15.6 Å². The third-order valence-electron chi connectivity index (χ3n) is 3.10. The predicted molar refractivity (Wildman–Crippen MR) is 91.7 cm³/mol. The fourth-order valence-electron chi connectivity index (χ4n) is 1.90. The van der Waals surface area contributed by atoms with E-state index < -0.39 is 21.0 Å². The van der Waals surface area contributed by atoms with E-state index in [9.17, 15) is 18.0 Å². The van der Waals surface area contributed by atoms with Crippen molar-refractivity contribution in [3.63, 3.8) is 0 Å². The van der Waals surface area contributed by atoms with Gasteiger partial charge in [0.1, 0.15) is 0 Å². The van der Waals surface area contributed by atoms with E-state index in [4.69, 9.17) is 16.7 Å². The van der Waals surface area contributed by atoms with Crippen LogP contribution in [-0.4, -0.2) is 38.3 Å². The Labute approximate surface area is 149 Å². The molecule has 0 saturated heterocycles. The van der Waals surface area contributed by atoms with E-state index in [0.717, 1.165) is 6.07 Å². The fraction of sp³-hybridized carbons (Fsp3) is 0.133. The van der Waals surface area contributed by atoms with Crippen molar-refractivity contribution >= 4 is 33.4 Å². The maximum absolute atomic E-state index is 12.0. The highest BCUT2D eigenvalue weighted by atomic mass is 35.5. The molecule has 132 valence electrons. The second-order valence-corrected chi connectivity index (χ2v) is 6.83. The summed E-state index contributed by atoms with van der Waals surface area (Å²) in [5.74, 6) is -0.875. The summed E-state index contributed by atoms with van der Waals surface area (Å²) in [6.07, 6.45) is 1.17. The number of carbonyl (C=O) groups excluding carboxylic acids is 2. The van der Waals surface area contributed by atoms with Crippen molar-refractivity contribution in [1.29, 1.82) is 0 Å². The SMILES string of the molecule is NS(=O)(=O)c1cc(C(=O)NCCNC(=O)c2ccccc2Cl)ccn1. The summed E-state index contributed by atoms with van der Waals surface area (Å²) >= 11 is 5.92. The van der Waals surface area contributed by atoms with Gasteiger partial charge in [-0.15, -0.1) is 0 Å². The molecule has 0 atom stereocenters. The van der Waals surface area contributed by atoms with Crippen LogP contribution in [0.4, 0.5) is 0 Å². The van der Waals surface area contributed by atoms with E-state index in [-0.39, 0.29) is 24.6 Å². The van der Waals surface area contributed by atoms with Crippen LogP contribution in [0, 0.1) is 0 Å². The zero-order valence-electron chi connectivity index (χ0n) is 12.9. The maximum Gasteiger partial charge on any atom is 0.255 e. The second-order valence-electron chi connectivity index (χ2n) is 4.92. The van der Waals surface area contributed by atoms with Crippen molar-refractivity contribution in [3.8, 4) is 0 Å². The first-order valence-corrected chi connectivity index (χ1v) is 9.01. The van der Waals surface area contributed by atoms with E-state index in [1.807, 2.05) is 0 Å². The van der Waals surface area contributed by atoms with Gasteiger partial charge in [0.15, 0.2) is 5.03 Å². The zero-order chi connectivity index (χ0) is 18.4. The van der Waals surface area contributed by atoms with Gasteiger partial charge in [0.2, 0.25) is 0 Å². The molecule has 8 nitrogen and oxygen atoms in total. The van der Waals surface area contributed by atoms with Crippen LogP contribution in [0.25, 0.3) is 0 Å². The molecule has 0 fully saturated rings. The van der Waals surface area contributed by atoms with Crippen molar-refractivity contribution in [3.05, 3.63) is 58.7 Å². The normalized spacial score (nSPS) is 11.0. The van der Waals surface area contributed by atoms with Gasteiger partial charge in [0, 0.05) is 24.8 Å². The molecule has 0 aliphatic carbocycles. The maximum atomic E-state index is 12.0. The molecule has 1 heterocycles. The molecule has 0 spiro atoms. The lowest BCUT2D eigenvalue weighted by atomic mass is 10.2. The minimum Gasteiger partial charge on any atom is -0.350 e. The number of rotatable bonds is 6. The minimum absolute atomic E-state index is 0.0939. The highest BCUT2D eigenvalue weighted by Gasteiger charge is 2.13. The van der Waals surface area contributed by atoms with Gasteiger partial charge in [-0.05, 0) is 24.3 Å². The van der Waals surface area contributed by atoms with E-state index >= 15 is 0 Å². The monoisotopic (exact) mass is 382 g/mol. The summed E-state index contributed by atoms with van der Waals surface area (Å²) < 4.78 is 22.5. The van der Waals surface area contributed by atoms with Gasteiger partial charge >= 0.3 is 0 Å². The molecule has 0 unspecified atom stereocenters. The van der Waals surface area contributed by atoms with Gasteiger partial charge in [-0.25, -0.2) is 18.5 Å². The average molecular weight is 383 g/mol. The molecule has 0 saturated carbocycles. The Balaban J connectivity index is 1.87. The molecule has 1 aromatic heterocycles. The van der Waals surface area contributed by atoms with E-state index in [0.29, 0.717) is 10.6 Å². The number of nitrogens with one attached hydrogen (secondary N) is 2. The third-order valence-corrected chi connectivity index (χ3v) is 4.24. The van der Waals surface area contributed by atoms with Gasteiger partial charge in [-0.1, -0.05) is 23.7 Å². The van der Waals surface area contributed by atoms with Crippen molar-refractivity contribution in [2.45, 2.75) is 5.03 Å². The van der Waals surface area contributed by atoms with Gasteiger partial charge in [0.05, 0.1) is 10.6 Å². The highest BCUT2D eigenvalue weighted by Crippen LogP contribution is 2.14. The van der Waals surface area contributed by atoms with Crippen LogP contribution in [0.15, 0.2) is 47.6 Å². The number of nitrogens with two attached hydrogens (primary N) is 1. The number of aromatic nitrogens is 1. The number of carbonyl (C=O) groups is 2. The molecular formula is C15H15ClN4O4S. The first-order valence-electron chi connectivity index (χ1n) is 7.09. The average Bonchev–Trinajstić information content (AvgIpc) is 2.58. The largest absolute Gasteiger partial charge is 0.350 e. The number of hydrogen-bond donors (Lipinski definition) is 3. The van der Waals surface area contributed by atoms with Crippen LogP contribution in [0.5, 0.6) is 0 Å². The summed E-state index contributed by atoms with van der Waals surface area (Å²) in [5, 5.41) is 10.1. The van der Waals surface area contributed by atoms with E-state index in [2.05, 4.69) is 15.6 Å². The molecule has 10 heteroatoms. The molecule has 2 amide bonds. The minimum atomic E-state index is -3.99. The van der Waals surface area contributed by atoms with Crippen molar-refractivity contribution < 1.29 is 18.0 Å². The Morgan fingerprint density at radius 1 is 1.08 bits per heavy atom. The third kappa shape index (κ3) is 5.24. The van der Waals surface area contributed by atoms with Crippen LogP contribution >= 0.6 is 11.6 Å². The van der Waals surface area contributed by atoms with Crippen molar-refractivity contribution in [2.24, 2.45) is 5.14 Å². The van der Waals surface area contributed by atoms with E-state index in [1.165, 1.54) is 12.3 Å². The molecule has 0 bridgehead atoms. The van der Waals surface area contributed by atoms with Crippen LogP contribution in [0.1, 0.15) is 20.7 Å². The Morgan fingerprint density at radius 3 is 2.36 bits per heavy atom. The standard InChI is InChI=1S/C15H15ClN4O4S/c16-12-4-2-1-3-11(12)15(22)20-8-7-19-14(21)10-5-6-18-13(9-10)25(17,23)24/h1-6,9H,7-8H2,(H,19,21)(H,20,22)(H2,17,23,24). The van der Waals surface area contributed by atoms with E-state index in [1.54, 1.807) is 24.3 Å². The summed E-state index contributed by atoms with van der Waals surface area (Å²) in [5.41, 5.74) is 0.430. The lowest BCUT2D eigenvalue weighted by molar-refractivity contribution is 0.0927. The first-order chi connectivity index (χ1) is 11.8. The fourth-order valence-corrected chi connectivity index (χ4v) is 2.62. The Hall–Kier alpha value is -2.49. The Kier molecular flexibility index (Phi) is 6.07. The lowest BCUT2D eigenvalue weighted by Gasteiger charge is -2.08. The number of benzene rings is 1. The van der Waals surface area contributed by atoms with Crippen LogP contribution in [0.3, 0.4) is 0 Å². The van der Waals surface area contributed by atoms with Crippen molar-refractivity contribution in [2.75, 3.05) is 13.1 Å². The number of halogens is 1. The number of hydrogen-bond acceptors (Lipinski definition) is 5. The lowest BCUT2D eigenvalue weighted by Crippen LogP contribution is -2.34. The summed E-state index contributed by atoms with van der Waals surface area (Å²) in [4.78, 5) is 27.5. The number of nitrogens with zero attached hydrogens (tertiary/aromatic N) is 1. The molecule has 2 rings (SSSR count). The molecule has 2 aromatic rings. The molecule has 0 aliphatic rings. The summed E-state index contributed by atoms with van der Waals surface area (Å²) in [6, 6.07) is 9.02. The summed E-state index contributed by atoms with van der Waals surface area (Å²) in [6.45, 7) is 0.310. The number of primary sulfonamides is 1. The topological polar surface area (TPSA) is 131 Å². The molecule has 1 aromatic carbocycles. The zero-order valence-corrected chi connectivity index (χ0v) is 14.5. The van der Waals surface area contributed by atoms with Crippen LogP contribution in [0.2, 0.25) is 5.02 Å². The highest BCUT2D eigenvalue weighted by molar-refractivity contribution is 7.89. The van der Waals surface area contributed by atoms with Gasteiger partial charge < -0.3 is 10.6 Å². The van der Waals surface area contributed by atoms with Crippen LogP contribution < -0.4 is 15.8 Å². The number of sulfonamides is 1. The Bertz CT molecular complexity index is 902. The summed E-state index contributed by atoms with van der Waals surface area (Å²) in [7, 11) is -3.99. The van der Waals surface area contributed by atoms with Gasteiger partial charge in [-0.3, -0.25) is 9.59 Å². The quantitative estimate of drug-likeness (QED) is 0.627. The van der Waals surface area contributed by atoms with Gasteiger partial charge in [0.25, 0.3) is 21.8 Å². The van der Waals surface area contributed by atoms with Crippen LogP contribution in [-0.2, 0) is 10.0 Å². The number of amides is 2. The predicted octanol–water partition coefficient (Wildman–Crippen LogP) is 0.542. The molecular weight excluding hydrogens is 368 g/mol. The molecule has 25 heavy (non-hydrogen) atoms.